The summed E-state index contributed by atoms with van der Waals surface area (Å²) < 4.78 is 11.8. The molecule has 0 spiro atoms. The number of β-amino-alcohol motifs (C(OH)–C–C–N with tert-alkyl or cyclic N) is 1. The number of alkyl halides is 1. The van der Waals surface area contributed by atoms with E-state index >= 15 is 0 Å². The van der Waals surface area contributed by atoms with Crippen molar-refractivity contribution in [2.75, 3.05) is 13.2 Å². The first-order valence-corrected chi connectivity index (χ1v) is 4.15. The van der Waals surface area contributed by atoms with Crippen molar-refractivity contribution in [3.05, 3.63) is 0 Å². The second-order valence-corrected chi connectivity index (χ2v) is 3.60. The predicted molar refractivity (Wildman–Crippen MR) is 42.2 cm³/mol. The van der Waals surface area contributed by atoms with Crippen LogP contribution >= 0.6 is 0 Å². The number of hydrogen-bond donors (Lipinski definition) is 2. The van der Waals surface area contributed by atoms with Gasteiger partial charge in [0, 0.05) is 12.1 Å². The van der Waals surface area contributed by atoms with Crippen LogP contribution < -0.4 is 5.32 Å². The zero-order valence-electron chi connectivity index (χ0n) is 6.94. The van der Waals surface area contributed by atoms with Gasteiger partial charge in [0.1, 0.15) is 6.67 Å². The molecule has 1 aliphatic rings. The molecule has 0 aromatic rings. The Morgan fingerprint density at radius 2 is 2.27 bits per heavy atom. The van der Waals surface area contributed by atoms with Crippen molar-refractivity contribution in [1.82, 2.24) is 5.32 Å². The predicted octanol–water partition coefficient (Wildman–Crippen LogP) is 0.849. The lowest BCUT2D eigenvalue weighted by atomic mass is 9.78. The maximum Gasteiger partial charge on any atom is 0.117 e. The van der Waals surface area contributed by atoms with E-state index in [9.17, 15) is 4.39 Å². The van der Waals surface area contributed by atoms with Crippen molar-refractivity contribution >= 4 is 0 Å². The van der Waals surface area contributed by atoms with E-state index < -0.39 is 12.8 Å². The van der Waals surface area contributed by atoms with E-state index in [2.05, 4.69) is 12.2 Å². The molecule has 0 bridgehead atoms. The molecule has 1 aliphatic carbocycles. The lowest BCUT2D eigenvalue weighted by Gasteiger charge is -2.39. The van der Waals surface area contributed by atoms with Gasteiger partial charge in [-0.2, -0.15) is 0 Å². The van der Waals surface area contributed by atoms with E-state index in [1.165, 1.54) is 6.42 Å². The third-order valence-corrected chi connectivity index (χ3v) is 2.40. The normalized spacial score (nSPS) is 24.3. The molecule has 0 saturated heterocycles. The molecular weight excluding hydrogens is 145 g/mol. The summed E-state index contributed by atoms with van der Waals surface area (Å²) in [5, 5.41) is 12.1. The molecule has 2 N–H and O–H groups in total. The van der Waals surface area contributed by atoms with Crippen LogP contribution in [0.2, 0.25) is 0 Å². The van der Waals surface area contributed by atoms with E-state index in [-0.39, 0.29) is 5.54 Å². The van der Waals surface area contributed by atoms with Crippen LogP contribution in [0.15, 0.2) is 0 Å². The molecule has 0 aliphatic heterocycles. The number of hydrogen-bond acceptors (Lipinski definition) is 2. The topological polar surface area (TPSA) is 32.3 Å². The van der Waals surface area contributed by atoms with Gasteiger partial charge >= 0.3 is 0 Å². The molecule has 1 rings (SSSR count). The van der Waals surface area contributed by atoms with Crippen LogP contribution in [-0.2, 0) is 0 Å². The smallest absolute Gasteiger partial charge is 0.117 e. The van der Waals surface area contributed by atoms with Crippen molar-refractivity contribution in [1.29, 1.82) is 0 Å². The zero-order chi connectivity index (χ0) is 8.32. The van der Waals surface area contributed by atoms with Crippen LogP contribution in [-0.4, -0.2) is 30.0 Å². The van der Waals surface area contributed by atoms with Crippen molar-refractivity contribution in [3.63, 3.8) is 0 Å². The minimum atomic E-state index is -0.826. The fourth-order valence-electron chi connectivity index (χ4n) is 1.30. The molecule has 1 fully saturated rings. The van der Waals surface area contributed by atoms with Gasteiger partial charge in [-0.25, -0.2) is 4.39 Å². The average molecular weight is 161 g/mol. The highest BCUT2D eigenvalue weighted by Crippen LogP contribution is 2.30. The Morgan fingerprint density at radius 3 is 2.64 bits per heavy atom. The van der Waals surface area contributed by atoms with Crippen LogP contribution in [0.5, 0.6) is 0 Å². The van der Waals surface area contributed by atoms with Gasteiger partial charge in [-0.1, -0.05) is 0 Å². The quantitative estimate of drug-likeness (QED) is 0.640. The molecule has 0 aromatic heterocycles. The van der Waals surface area contributed by atoms with Gasteiger partial charge in [0.2, 0.25) is 0 Å². The molecule has 66 valence electrons. The lowest BCUT2D eigenvalue weighted by molar-refractivity contribution is 0.109. The summed E-state index contributed by atoms with van der Waals surface area (Å²) in [5.41, 5.74) is 0.177. The third kappa shape index (κ3) is 2.42. The molecule has 1 saturated carbocycles. The number of aliphatic hydroxyl groups is 1. The molecule has 11 heavy (non-hydrogen) atoms. The molecule has 0 radical (unpaired) electrons. The summed E-state index contributed by atoms with van der Waals surface area (Å²) in [7, 11) is 0. The summed E-state index contributed by atoms with van der Waals surface area (Å²) >= 11 is 0. The standard InChI is InChI=1S/C8H16FNO/c1-8(3-2-4-8)10-6-7(11)5-9/h7,10-11H,2-6H2,1H3. The maximum absolute atomic E-state index is 11.8. The number of aliphatic hydroxyl groups excluding tert-OH is 1. The molecule has 0 amide bonds. The summed E-state index contributed by atoms with van der Waals surface area (Å²) in [6.45, 7) is 1.84. The van der Waals surface area contributed by atoms with Gasteiger partial charge < -0.3 is 10.4 Å². The Kier molecular flexibility index (Phi) is 2.84. The highest BCUT2D eigenvalue weighted by Gasteiger charge is 2.31. The second kappa shape index (κ2) is 3.50. The van der Waals surface area contributed by atoms with Gasteiger partial charge in [0.05, 0.1) is 6.10 Å². The summed E-state index contributed by atoms with van der Waals surface area (Å²) in [4.78, 5) is 0. The molecule has 1 atom stereocenters. The summed E-state index contributed by atoms with van der Waals surface area (Å²) in [6, 6.07) is 0. The molecule has 0 heterocycles. The van der Waals surface area contributed by atoms with E-state index in [1.54, 1.807) is 0 Å². The van der Waals surface area contributed by atoms with Gasteiger partial charge in [0.15, 0.2) is 0 Å². The van der Waals surface area contributed by atoms with Crippen LogP contribution in [0.1, 0.15) is 26.2 Å². The van der Waals surface area contributed by atoms with Crippen molar-refractivity contribution in [3.8, 4) is 0 Å². The fraction of sp³-hybridized carbons (Fsp3) is 1.00. The molecule has 1 unspecified atom stereocenters. The van der Waals surface area contributed by atoms with E-state index in [0.29, 0.717) is 6.54 Å². The molecular formula is C8H16FNO. The zero-order valence-corrected chi connectivity index (χ0v) is 6.94. The molecule has 0 aromatic carbocycles. The van der Waals surface area contributed by atoms with Crippen LogP contribution in [0.4, 0.5) is 4.39 Å². The summed E-state index contributed by atoms with van der Waals surface area (Å²) in [5.74, 6) is 0. The molecule has 2 nitrogen and oxygen atoms in total. The fourth-order valence-corrected chi connectivity index (χ4v) is 1.30. The monoisotopic (exact) mass is 161 g/mol. The highest BCUT2D eigenvalue weighted by atomic mass is 19.1. The van der Waals surface area contributed by atoms with E-state index in [4.69, 9.17) is 5.11 Å². The van der Waals surface area contributed by atoms with Gasteiger partial charge in [0.25, 0.3) is 0 Å². The first-order valence-electron chi connectivity index (χ1n) is 4.15. The van der Waals surface area contributed by atoms with Crippen LogP contribution in [0, 0.1) is 0 Å². The lowest BCUT2D eigenvalue weighted by Crippen LogP contribution is -2.50. The number of rotatable bonds is 4. The van der Waals surface area contributed by atoms with Gasteiger partial charge in [-0.15, -0.1) is 0 Å². The minimum absolute atomic E-state index is 0.177. The van der Waals surface area contributed by atoms with Crippen LogP contribution in [0.3, 0.4) is 0 Å². The first kappa shape index (κ1) is 8.94. The Labute approximate surface area is 66.8 Å². The van der Waals surface area contributed by atoms with Crippen LogP contribution in [0.25, 0.3) is 0 Å². The molecule has 3 heteroatoms. The maximum atomic E-state index is 11.8. The van der Waals surface area contributed by atoms with Crippen molar-refractivity contribution in [2.45, 2.75) is 37.8 Å². The SMILES string of the molecule is CC1(NCC(O)CF)CCC1. The highest BCUT2D eigenvalue weighted by molar-refractivity contribution is 4.91. The van der Waals surface area contributed by atoms with Gasteiger partial charge in [-0.05, 0) is 26.2 Å². The third-order valence-electron chi connectivity index (χ3n) is 2.40. The average Bonchev–Trinajstić information content (AvgIpc) is 1.96. The van der Waals surface area contributed by atoms with Crippen molar-refractivity contribution < 1.29 is 9.50 Å². The second-order valence-electron chi connectivity index (χ2n) is 3.60. The Bertz CT molecular complexity index is 125. The largest absolute Gasteiger partial charge is 0.389 e. The number of halogens is 1. The number of nitrogens with one attached hydrogen (secondary N) is 1. The van der Waals surface area contributed by atoms with E-state index in [1.807, 2.05) is 0 Å². The minimum Gasteiger partial charge on any atom is -0.389 e. The van der Waals surface area contributed by atoms with E-state index in [0.717, 1.165) is 12.8 Å². The summed E-state index contributed by atoms with van der Waals surface area (Å²) in [6.07, 6.45) is 2.71. The Balaban J connectivity index is 2.11. The van der Waals surface area contributed by atoms with Crippen molar-refractivity contribution in [2.24, 2.45) is 0 Å². The van der Waals surface area contributed by atoms with Gasteiger partial charge in [-0.3, -0.25) is 0 Å². The Morgan fingerprint density at radius 1 is 1.64 bits per heavy atom. The Hall–Kier alpha value is -0.150. The first-order chi connectivity index (χ1) is 5.16.